The summed E-state index contributed by atoms with van der Waals surface area (Å²) in [6.07, 6.45) is 1.44. The van der Waals surface area contributed by atoms with Gasteiger partial charge in [-0.2, -0.15) is 5.26 Å². The molecule has 0 heterocycles. The summed E-state index contributed by atoms with van der Waals surface area (Å²) >= 11 is 3.47. The molecule has 0 fully saturated rings. The van der Waals surface area contributed by atoms with Crippen molar-refractivity contribution in [2.24, 2.45) is 5.41 Å². The fraction of sp³-hybridized carbons (Fsp3) is 0.562. The first kappa shape index (κ1) is 17.2. The maximum Gasteiger partial charge on any atom is 0.0628 e. The Morgan fingerprint density at radius 2 is 2.15 bits per heavy atom. The summed E-state index contributed by atoms with van der Waals surface area (Å²) in [6.45, 7) is 5.25. The molecule has 0 amide bonds. The largest absolute Gasteiger partial charge is 0.394 e. The number of aliphatic hydroxyl groups excluding tert-OH is 1. The highest BCUT2D eigenvalue weighted by molar-refractivity contribution is 9.10. The Labute approximate surface area is 130 Å². The van der Waals surface area contributed by atoms with E-state index in [1.165, 1.54) is 0 Å². The molecule has 0 spiro atoms. The van der Waals surface area contributed by atoms with Crippen LogP contribution < -0.4 is 0 Å². The quantitative estimate of drug-likeness (QED) is 0.823. The number of rotatable bonds is 7. The average Bonchev–Trinajstić information content (AvgIpc) is 2.37. The Kier molecular flexibility index (Phi) is 6.67. The summed E-state index contributed by atoms with van der Waals surface area (Å²) in [5.74, 6) is 0. The van der Waals surface area contributed by atoms with Gasteiger partial charge >= 0.3 is 0 Å². The topological polar surface area (TPSA) is 47.3 Å². The third-order valence-electron chi connectivity index (χ3n) is 3.53. The molecule has 1 N–H and O–H groups in total. The predicted molar refractivity (Wildman–Crippen MR) is 85.2 cm³/mol. The minimum atomic E-state index is -0.0196. The highest BCUT2D eigenvalue weighted by Gasteiger charge is 2.24. The number of benzene rings is 1. The SMILES string of the molecule is CN(CC(C)(C)CCC#N)C(CO)c1cccc(Br)c1. The Hall–Kier alpha value is -0.890. The van der Waals surface area contributed by atoms with E-state index in [0.29, 0.717) is 6.42 Å². The molecule has 0 aromatic heterocycles. The first-order valence-corrected chi connectivity index (χ1v) is 7.62. The molecule has 1 aromatic carbocycles. The maximum atomic E-state index is 9.70. The van der Waals surface area contributed by atoms with Crippen LogP contribution >= 0.6 is 15.9 Å². The molecule has 4 heteroatoms. The first-order valence-electron chi connectivity index (χ1n) is 6.83. The summed E-state index contributed by atoms with van der Waals surface area (Å²) in [5, 5.41) is 18.4. The second-order valence-corrected chi connectivity index (χ2v) is 6.91. The number of nitrogens with zero attached hydrogens (tertiary/aromatic N) is 2. The Morgan fingerprint density at radius 1 is 1.45 bits per heavy atom. The van der Waals surface area contributed by atoms with E-state index >= 15 is 0 Å². The van der Waals surface area contributed by atoms with Crippen molar-refractivity contribution < 1.29 is 5.11 Å². The van der Waals surface area contributed by atoms with Crippen LogP contribution in [0.2, 0.25) is 0 Å². The van der Waals surface area contributed by atoms with Gasteiger partial charge in [0.1, 0.15) is 0 Å². The lowest BCUT2D eigenvalue weighted by molar-refractivity contribution is 0.105. The van der Waals surface area contributed by atoms with Crippen molar-refractivity contribution in [1.82, 2.24) is 4.90 Å². The lowest BCUT2D eigenvalue weighted by Gasteiger charge is -2.34. The van der Waals surface area contributed by atoms with Crippen molar-refractivity contribution in [3.63, 3.8) is 0 Å². The predicted octanol–water partition coefficient (Wildman–Crippen LogP) is 3.74. The second-order valence-electron chi connectivity index (χ2n) is 5.99. The van der Waals surface area contributed by atoms with Crippen LogP contribution in [0.25, 0.3) is 0 Å². The van der Waals surface area contributed by atoms with Crippen molar-refractivity contribution in [1.29, 1.82) is 5.26 Å². The molecule has 0 aliphatic heterocycles. The minimum Gasteiger partial charge on any atom is -0.394 e. The number of aliphatic hydroxyl groups is 1. The van der Waals surface area contributed by atoms with Crippen LogP contribution in [0.5, 0.6) is 0 Å². The Morgan fingerprint density at radius 3 is 2.70 bits per heavy atom. The van der Waals surface area contributed by atoms with Crippen LogP contribution in [0.1, 0.15) is 38.3 Å². The van der Waals surface area contributed by atoms with Gasteiger partial charge in [-0.1, -0.05) is 41.9 Å². The Balaban J connectivity index is 2.77. The number of hydrogen-bond acceptors (Lipinski definition) is 3. The highest BCUT2D eigenvalue weighted by Crippen LogP contribution is 2.28. The summed E-state index contributed by atoms with van der Waals surface area (Å²) < 4.78 is 1.02. The van der Waals surface area contributed by atoms with E-state index in [0.717, 1.165) is 23.0 Å². The summed E-state index contributed by atoms with van der Waals surface area (Å²) in [6, 6.07) is 10.2. The van der Waals surface area contributed by atoms with Gasteiger partial charge in [0, 0.05) is 17.4 Å². The normalized spacial score (nSPS) is 13.2. The molecule has 0 aliphatic rings. The fourth-order valence-electron chi connectivity index (χ4n) is 2.47. The van der Waals surface area contributed by atoms with Gasteiger partial charge < -0.3 is 5.11 Å². The fourth-order valence-corrected chi connectivity index (χ4v) is 2.89. The van der Waals surface area contributed by atoms with Crippen molar-refractivity contribution in [3.8, 4) is 6.07 Å². The molecule has 1 rings (SSSR count). The van der Waals surface area contributed by atoms with Crippen molar-refractivity contribution in [3.05, 3.63) is 34.3 Å². The number of halogens is 1. The molecule has 20 heavy (non-hydrogen) atoms. The molecular formula is C16H23BrN2O. The van der Waals surface area contributed by atoms with Crippen LogP contribution in [0, 0.1) is 16.7 Å². The van der Waals surface area contributed by atoms with Crippen LogP contribution in [-0.4, -0.2) is 30.2 Å². The molecule has 3 nitrogen and oxygen atoms in total. The zero-order valence-corrected chi connectivity index (χ0v) is 14.0. The van der Waals surface area contributed by atoms with Gasteiger partial charge in [0.05, 0.1) is 18.7 Å². The van der Waals surface area contributed by atoms with Gasteiger partial charge in [-0.3, -0.25) is 4.90 Å². The number of nitriles is 1. The van der Waals surface area contributed by atoms with Gasteiger partial charge in [0.25, 0.3) is 0 Å². The zero-order valence-electron chi connectivity index (χ0n) is 12.4. The van der Waals surface area contributed by atoms with Gasteiger partial charge in [0.15, 0.2) is 0 Å². The van der Waals surface area contributed by atoms with E-state index in [1.54, 1.807) is 0 Å². The lowest BCUT2D eigenvalue weighted by Crippen LogP contribution is -2.35. The number of hydrogen-bond donors (Lipinski definition) is 1. The molecular weight excluding hydrogens is 316 g/mol. The summed E-state index contributed by atoms with van der Waals surface area (Å²) in [4.78, 5) is 2.17. The van der Waals surface area contributed by atoms with Gasteiger partial charge in [0.2, 0.25) is 0 Å². The molecule has 0 saturated heterocycles. The van der Waals surface area contributed by atoms with E-state index in [2.05, 4.69) is 40.7 Å². The molecule has 0 saturated carbocycles. The van der Waals surface area contributed by atoms with Crippen molar-refractivity contribution >= 4 is 15.9 Å². The first-order chi connectivity index (χ1) is 9.39. The van der Waals surface area contributed by atoms with Gasteiger partial charge in [-0.25, -0.2) is 0 Å². The van der Waals surface area contributed by atoms with E-state index in [4.69, 9.17) is 5.26 Å². The zero-order chi connectivity index (χ0) is 15.2. The molecule has 1 unspecified atom stereocenters. The maximum absolute atomic E-state index is 9.70. The minimum absolute atomic E-state index is 0.0196. The van der Waals surface area contributed by atoms with Crippen LogP contribution in [0.4, 0.5) is 0 Å². The lowest BCUT2D eigenvalue weighted by atomic mass is 9.87. The monoisotopic (exact) mass is 338 g/mol. The van der Waals surface area contributed by atoms with E-state index in [1.807, 2.05) is 31.3 Å². The third kappa shape index (κ3) is 5.24. The van der Waals surface area contributed by atoms with Gasteiger partial charge in [-0.05, 0) is 36.6 Å². The molecule has 1 aromatic rings. The van der Waals surface area contributed by atoms with Crippen molar-refractivity contribution in [2.45, 2.75) is 32.7 Å². The molecule has 0 radical (unpaired) electrons. The molecule has 0 bridgehead atoms. The molecule has 0 aliphatic carbocycles. The third-order valence-corrected chi connectivity index (χ3v) is 4.02. The average molecular weight is 339 g/mol. The summed E-state index contributed by atoms with van der Waals surface area (Å²) in [5.41, 5.74) is 1.16. The summed E-state index contributed by atoms with van der Waals surface area (Å²) in [7, 11) is 2.02. The van der Waals surface area contributed by atoms with Crippen LogP contribution in [0.3, 0.4) is 0 Å². The molecule has 110 valence electrons. The molecule has 1 atom stereocenters. The van der Waals surface area contributed by atoms with E-state index < -0.39 is 0 Å². The second kappa shape index (κ2) is 7.78. The van der Waals surface area contributed by atoms with Crippen LogP contribution in [0.15, 0.2) is 28.7 Å². The number of likely N-dealkylation sites (N-methyl/N-ethyl adjacent to an activating group) is 1. The van der Waals surface area contributed by atoms with Crippen LogP contribution in [-0.2, 0) is 0 Å². The Bertz CT molecular complexity index is 468. The van der Waals surface area contributed by atoms with Crippen molar-refractivity contribution in [2.75, 3.05) is 20.2 Å². The van der Waals surface area contributed by atoms with Gasteiger partial charge in [-0.15, -0.1) is 0 Å². The highest BCUT2D eigenvalue weighted by atomic mass is 79.9. The standard InChI is InChI=1S/C16H23BrN2O/c1-16(2,8-5-9-18)12-19(3)15(11-20)13-6-4-7-14(17)10-13/h4,6-7,10,15,20H,5,8,11-12H2,1-3H3. The van der Waals surface area contributed by atoms with E-state index in [9.17, 15) is 5.11 Å². The smallest absolute Gasteiger partial charge is 0.0628 e. The van der Waals surface area contributed by atoms with E-state index in [-0.39, 0.29) is 18.1 Å².